The van der Waals surface area contributed by atoms with Gasteiger partial charge in [-0.05, 0) is 0 Å². The predicted molar refractivity (Wildman–Crippen MR) is 58.6 cm³/mol. The molecule has 0 unspecified atom stereocenters. The van der Waals surface area contributed by atoms with Crippen molar-refractivity contribution in [2.24, 2.45) is 0 Å². The van der Waals surface area contributed by atoms with Gasteiger partial charge < -0.3 is 10.5 Å². The highest BCUT2D eigenvalue weighted by Gasteiger charge is 2.05. The Morgan fingerprint density at radius 2 is 2.33 bits per heavy atom. The Hall–Kier alpha value is -1.30. The SMILES string of the molecule is CCc1nc(N)cc(SCC(=O)OC)n1. The number of nitrogen functional groups attached to an aromatic ring is 1. The number of carbonyl (C=O) groups excluding carboxylic acids is 1. The number of thioether (sulfide) groups is 1. The van der Waals surface area contributed by atoms with Crippen LogP contribution >= 0.6 is 11.8 Å². The van der Waals surface area contributed by atoms with Gasteiger partial charge in [-0.2, -0.15) is 0 Å². The number of hydrogen-bond donors (Lipinski definition) is 1. The number of ether oxygens (including phenoxy) is 1. The molecule has 0 aliphatic heterocycles. The van der Waals surface area contributed by atoms with Crippen LogP contribution < -0.4 is 5.73 Å². The monoisotopic (exact) mass is 227 g/mol. The van der Waals surface area contributed by atoms with Crippen molar-refractivity contribution in [1.82, 2.24) is 9.97 Å². The molecule has 5 nitrogen and oxygen atoms in total. The van der Waals surface area contributed by atoms with Gasteiger partial charge in [-0.1, -0.05) is 18.7 Å². The fourth-order valence-corrected chi connectivity index (χ4v) is 1.67. The van der Waals surface area contributed by atoms with E-state index in [0.717, 1.165) is 6.42 Å². The van der Waals surface area contributed by atoms with E-state index >= 15 is 0 Å². The molecule has 0 aliphatic rings. The largest absolute Gasteiger partial charge is 0.468 e. The van der Waals surface area contributed by atoms with Gasteiger partial charge in [0.25, 0.3) is 0 Å². The zero-order valence-electron chi connectivity index (χ0n) is 8.69. The van der Waals surface area contributed by atoms with Gasteiger partial charge in [-0.15, -0.1) is 0 Å². The maximum absolute atomic E-state index is 10.9. The fraction of sp³-hybridized carbons (Fsp3) is 0.444. The lowest BCUT2D eigenvalue weighted by atomic mass is 10.4. The summed E-state index contributed by atoms with van der Waals surface area (Å²) in [6.07, 6.45) is 0.719. The van der Waals surface area contributed by atoms with Crippen LogP contribution in [0, 0.1) is 0 Å². The molecule has 2 N–H and O–H groups in total. The predicted octanol–water partition coefficient (Wildman–Crippen LogP) is 0.886. The smallest absolute Gasteiger partial charge is 0.316 e. The Morgan fingerprint density at radius 1 is 1.60 bits per heavy atom. The van der Waals surface area contributed by atoms with E-state index in [0.29, 0.717) is 16.7 Å². The minimum absolute atomic E-state index is 0.232. The van der Waals surface area contributed by atoms with Gasteiger partial charge in [0.05, 0.1) is 12.9 Å². The standard InChI is InChI=1S/C9H13N3O2S/c1-3-7-11-6(10)4-8(12-7)15-5-9(13)14-2/h4H,3,5H2,1-2H3,(H2,10,11,12). The van der Waals surface area contributed by atoms with Crippen molar-refractivity contribution in [3.05, 3.63) is 11.9 Å². The van der Waals surface area contributed by atoms with Crippen LogP contribution in [0.1, 0.15) is 12.7 Å². The summed E-state index contributed by atoms with van der Waals surface area (Å²) in [5, 5.41) is 0.699. The van der Waals surface area contributed by atoms with Gasteiger partial charge in [0.1, 0.15) is 16.7 Å². The highest BCUT2D eigenvalue weighted by molar-refractivity contribution is 7.99. The zero-order chi connectivity index (χ0) is 11.3. The van der Waals surface area contributed by atoms with Crippen molar-refractivity contribution < 1.29 is 9.53 Å². The number of nitrogens with zero attached hydrogens (tertiary/aromatic N) is 2. The van der Waals surface area contributed by atoms with Crippen LogP contribution in [0.2, 0.25) is 0 Å². The Balaban J connectivity index is 2.68. The average molecular weight is 227 g/mol. The van der Waals surface area contributed by atoms with Crippen molar-refractivity contribution in [2.75, 3.05) is 18.6 Å². The number of carbonyl (C=O) groups is 1. The van der Waals surface area contributed by atoms with E-state index < -0.39 is 0 Å². The second-order valence-electron chi connectivity index (χ2n) is 2.77. The number of aryl methyl sites for hydroxylation is 1. The molecule has 82 valence electrons. The molecule has 0 aromatic carbocycles. The third kappa shape index (κ3) is 3.75. The van der Waals surface area contributed by atoms with E-state index in [-0.39, 0.29) is 11.7 Å². The maximum Gasteiger partial charge on any atom is 0.316 e. The quantitative estimate of drug-likeness (QED) is 0.467. The first-order chi connectivity index (χ1) is 7.15. The lowest BCUT2D eigenvalue weighted by Crippen LogP contribution is -2.05. The highest BCUT2D eigenvalue weighted by atomic mass is 32.2. The van der Waals surface area contributed by atoms with E-state index in [1.165, 1.54) is 18.9 Å². The van der Waals surface area contributed by atoms with E-state index in [4.69, 9.17) is 5.73 Å². The molecule has 0 atom stereocenters. The van der Waals surface area contributed by atoms with E-state index in [1.54, 1.807) is 6.07 Å². The molecule has 0 saturated carbocycles. The molecule has 15 heavy (non-hydrogen) atoms. The zero-order valence-corrected chi connectivity index (χ0v) is 9.50. The van der Waals surface area contributed by atoms with Crippen LogP contribution in [-0.4, -0.2) is 28.8 Å². The molecule has 0 amide bonds. The molecular formula is C9H13N3O2S. The number of methoxy groups -OCH3 is 1. The van der Waals surface area contributed by atoms with Gasteiger partial charge >= 0.3 is 5.97 Å². The van der Waals surface area contributed by atoms with Crippen LogP contribution in [0.3, 0.4) is 0 Å². The second kappa shape index (κ2) is 5.55. The molecule has 0 aliphatic carbocycles. The van der Waals surface area contributed by atoms with E-state index in [9.17, 15) is 4.79 Å². The molecule has 6 heteroatoms. The Labute approximate surface area is 92.4 Å². The van der Waals surface area contributed by atoms with Crippen molar-refractivity contribution in [3.8, 4) is 0 Å². The third-order valence-corrected chi connectivity index (χ3v) is 2.54. The first kappa shape index (κ1) is 11.8. The molecule has 0 spiro atoms. The number of nitrogens with two attached hydrogens (primary N) is 1. The van der Waals surface area contributed by atoms with Gasteiger partial charge in [0.15, 0.2) is 0 Å². The van der Waals surface area contributed by atoms with Crippen LogP contribution in [0.4, 0.5) is 5.82 Å². The highest BCUT2D eigenvalue weighted by Crippen LogP contribution is 2.17. The number of anilines is 1. The average Bonchev–Trinajstić information content (AvgIpc) is 2.25. The first-order valence-electron chi connectivity index (χ1n) is 4.48. The van der Waals surface area contributed by atoms with Crippen molar-refractivity contribution in [2.45, 2.75) is 18.4 Å². The van der Waals surface area contributed by atoms with Crippen molar-refractivity contribution >= 4 is 23.5 Å². The second-order valence-corrected chi connectivity index (χ2v) is 3.76. The van der Waals surface area contributed by atoms with Crippen molar-refractivity contribution in [3.63, 3.8) is 0 Å². The topological polar surface area (TPSA) is 78.1 Å². The molecule has 0 radical (unpaired) electrons. The minimum Gasteiger partial charge on any atom is -0.468 e. The number of rotatable bonds is 4. The number of aromatic nitrogens is 2. The molecule has 1 aromatic heterocycles. The van der Waals surface area contributed by atoms with E-state index in [1.807, 2.05) is 6.92 Å². The summed E-state index contributed by atoms with van der Waals surface area (Å²) in [7, 11) is 1.36. The molecule has 1 heterocycles. The summed E-state index contributed by atoms with van der Waals surface area (Å²) in [5.74, 6) is 1.06. The molecular weight excluding hydrogens is 214 g/mol. The van der Waals surface area contributed by atoms with Gasteiger partial charge in [-0.25, -0.2) is 9.97 Å². The summed E-state index contributed by atoms with van der Waals surface area (Å²) >= 11 is 1.29. The van der Waals surface area contributed by atoms with Crippen LogP contribution in [0.5, 0.6) is 0 Å². The lowest BCUT2D eigenvalue weighted by Gasteiger charge is -2.03. The summed E-state index contributed by atoms with van der Waals surface area (Å²) in [4.78, 5) is 19.2. The van der Waals surface area contributed by atoms with Crippen LogP contribution in [0.15, 0.2) is 11.1 Å². The van der Waals surface area contributed by atoms with Gasteiger partial charge in [0.2, 0.25) is 0 Å². The Bertz CT molecular complexity index is 357. The normalized spacial score (nSPS) is 10.0. The summed E-state index contributed by atoms with van der Waals surface area (Å²) < 4.78 is 4.52. The summed E-state index contributed by atoms with van der Waals surface area (Å²) in [5.41, 5.74) is 5.59. The first-order valence-corrected chi connectivity index (χ1v) is 5.47. The number of esters is 1. The fourth-order valence-electron chi connectivity index (χ4n) is 0.916. The van der Waals surface area contributed by atoms with Gasteiger partial charge in [-0.3, -0.25) is 4.79 Å². The summed E-state index contributed by atoms with van der Waals surface area (Å²) in [6.45, 7) is 1.95. The van der Waals surface area contributed by atoms with E-state index in [2.05, 4.69) is 14.7 Å². The molecule has 1 rings (SSSR count). The maximum atomic E-state index is 10.9. The van der Waals surface area contributed by atoms with Crippen LogP contribution in [0.25, 0.3) is 0 Å². The van der Waals surface area contributed by atoms with Gasteiger partial charge in [0, 0.05) is 12.5 Å². The third-order valence-electron chi connectivity index (χ3n) is 1.65. The lowest BCUT2D eigenvalue weighted by molar-refractivity contribution is -0.137. The Kier molecular flexibility index (Phi) is 4.36. The van der Waals surface area contributed by atoms with Crippen molar-refractivity contribution in [1.29, 1.82) is 0 Å². The van der Waals surface area contributed by atoms with Crippen LogP contribution in [-0.2, 0) is 16.0 Å². The molecule has 1 aromatic rings. The molecule has 0 saturated heterocycles. The minimum atomic E-state index is -0.282. The number of hydrogen-bond acceptors (Lipinski definition) is 6. The molecule has 0 bridgehead atoms. The molecule has 0 fully saturated rings. The summed E-state index contributed by atoms with van der Waals surface area (Å²) in [6, 6.07) is 1.65. The Morgan fingerprint density at radius 3 is 2.93 bits per heavy atom.